The second-order valence-electron chi connectivity index (χ2n) is 5.24. The first-order chi connectivity index (χ1) is 9.11. The van der Waals surface area contributed by atoms with Gasteiger partial charge in [-0.3, -0.25) is 9.88 Å². The fourth-order valence-electron chi connectivity index (χ4n) is 2.54. The van der Waals surface area contributed by atoms with E-state index < -0.39 is 9.84 Å². The van der Waals surface area contributed by atoms with Gasteiger partial charge in [0.05, 0.1) is 11.5 Å². The molecule has 0 bridgehead atoms. The Morgan fingerprint density at radius 2 is 2.32 bits per heavy atom. The van der Waals surface area contributed by atoms with E-state index in [4.69, 9.17) is 0 Å². The van der Waals surface area contributed by atoms with Crippen LogP contribution in [0.4, 0.5) is 0 Å². The maximum Gasteiger partial charge on any atom is 0.151 e. The largest absolute Gasteiger partial charge is 0.295 e. The fraction of sp³-hybridized carbons (Fsp3) is 0.643. The normalized spacial score (nSPS) is 21.9. The van der Waals surface area contributed by atoms with Crippen LogP contribution >= 0.6 is 0 Å². The summed E-state index contributed by atoms with van der Waals surface area (Å²) in [6.45, 7) is 3.92. The second-order valence-corrected chi connectivity index (χ2v) is 7.47. The zero-order chi connectivity index (χ0) is 13.7. The lowest BCUT2D eigenvalue weighted by atomic mass is 10.1. The van der Waals surface area contributed by atoms with Crippen molar-refractivity contribution in [3.63, 3.8) is 0 Å². The van der Waals surface area contributed by atoms with Crippen molar-refractivity contribution in [2.45, 2.75) is 38.8 Å². The Labute approximate surface area is 115 Å². The number of hydrogen-bond acceptors (Lipinski definition) is 4. The summed E-state index contributed by atoms with van der Waals surface area (Å²) in [5.41, 5.74) is 1.16. The molecule has 2 rings (SSSR count). The molecule has 0 spiro atoms. The van der Waals surface area contributed by atoms with Gasteiger partial charge in [-0.15, -0.1) is 0 Å². The van der Waals surface area contributed by atoms with Gasteiger partial charge < -0.3 is 0 Å². The van der Waals surface area contributed by atoms with Crippen LogP contribution in [-0.2, 0) is 16.4 Å². The minimum Gasteiger partial charge on any atom is -0.295 e. The molecule has 1 unspecified atom stereocenters. The predicted molar refractivity (Wildman–Crippen MR) is 76.6 cm³/mol. The van der Waals surface area contributed by atoms with E-state index in [1.165, 1.54) is 0 Å². The van der Waals surface area contributed by atoms with Crippen LogP contribution in [0.2, 0.25) is 0 Å². The molecule has 4 nitrogen and oxygen atoms in total. The fourth-order valence-corrected chi connectivity index (χ4v) is 4.30. The summed E-state index contributed by atoms with van der Waals surface area (Å²) in [5.74, 6) is 0.657. The van der Waals surface area contributed by atoms with Gasteiger partial charge in [0.15, 0.2) is 9.84 Å². The highest BCUT2D eigenvalue weighted by molar-refractivity contribution is 7.91. The number of unbranched alkanes of at least 4 members (excludes halogenated alkanes) is 1. The molecule has 0 amide bonds. The summed E-state index contributed by atoms with van der Waals surface area (Å²) in [5, 5.41) is 0. The van der Waals surface area contributed by atoms with Crippen LogP contribution < -0.4 is 0 Å². The molecule has 19 heavy (non-hydrogen) atoms. The number of nitrogens with zero attached hydrogens (tertiary/aromatic N) is 2. The quantitative estimate of drug-likeness (QED) is 0.799. The van der Waals surface area contributed by atoms with Gasteiger partial charge in [-0.05, 0) is 31.0 Å². The lowest BCUT2D eigenvalue weighted by molar-refractivity contribution is 0.200. The van der Waals surface area contributed by atoms with Gasteiger partial charge in [-0.2, -0.15) is 0 Å². The smallest absolute Gasteiger partial charge is 0.151 e. The lowest BCUT2D eigenvalue weighted by Crippen LogP contribution is -2.36. The Morgan fingerprint density at radius 1 is 1.47 bits per heavy atom. The topological polar surface area (TPSA) is 50.3 Å². The van der Waals surface area contributed by atoms with E-state index in [1.54, 1.807) is 6.20 Å². The SMILES string of the molecule is CCCCN(Cc1cccnc1)C1CCS(=O)(=O)C1. The first-order valence-electron chi connectivity index (χ1n) is 6.94. The molecule has 1 aromatic heterocycles. The molecule has 106 valence electrons. The van der Waals surface area contributed by atoms with Crippen LogP contribution in [0.25, 0.3) is 0 Å². The van der Waals surface area contributed by atoms with Gasteiger partial charge >= 0.3 is 0 Å². The van der Waals surface area contributed by atoms with Crippen LogP contribution in [0.5, 0.6) is 0 Å². The molecule has 1 saturated heterocycles. The average molecular weight is 282 g/mol. The number of aromatic nitrogens is 1. The van der Waals surface area contributed by atoms with Crippen molar-refractivity contribution in [1.29, 1.82) is 0 Å². The molecular weight excluding hydrogens is 260 g/mol. The molecule has 0 aromatic carbocycles. The van der Waals surface area contributed by atoms with Gasteiger partial charge in [-0.25, -0.2) is 8.42 Å². The molecule has 0 radical (unpaired) electrons. The number of rotatable bonds is 6. The average Bonchev–Trinajstić information content (AvgIpc) is 2.76. The summed E-state index contributed by atoms with van der Waals surface area (Å²) >= 11 is 0. The van der Waals surface area contributed by atoms with Crippen LogP contribution in [0, 0.1) is 0 Å². The Bertz CT molecular complexity index is 487. The second kappa shape index (κ2) is 6.48. The molecule has 2 heterocycles. The van der Waals surface area contributed by atoms with Gasteiger partial charge in [-0.1, -0.05) is 19.4 Å². The monoisotopic (exact) mass is 282 g/mol. The first-order valence-corrected chi connectivity index (χ1v) is 8.76. The van der Waals surface area contributed by atoms with Crippen molar-refractivity contribution < 1.29 is 8.42 Å². The van der Waals surface area contributed by atoms with E-state index in [1.807, 2.05) is 12.3 Å². The van der Waals surface area contributed by atoms with E-state index in [0.717, 1.165) is 37.9 Å². The van der Waals surface area contributed by atoms with E-state index in [-0.39, 0.29) is 6.04 Å². The van der Waals surface area contributed by atoms with E-state index in [9.17, 15) is 8.42 Å². The Balaban J connectivity index is 2.04. The molecule has 5 heteroatoms. The predicted octanol–water partition coefficient (Wildman–Crippen LogP) is 1.87. The Morgan fingerprint density at radius 3 is 2.89 bits per heavy atom. The lowest BCUT2D eigenvalue weighted by Gasteiger charge is -2.27. The third-order valence-electron chi connectivity index (χ3n) is 3.63. The highest BCUT2D eigenvalue weighted by Gasteiger charge is 2.31. The molecule has 0 aliphatic carbocycles. The minimum atomic E-state index is -2.82. The van der Waals surface area contributed by atoms with Gasteiger partial charge in [0.1, 0.15) is 0 Å². The summed E-state index contributed by atoms with van der Waals surface area (Å²) in [7, 11) is -2.82. The zero-order valence-corrected chi connectivity index (χ0v) is 12.3. The molecule has 1 fully saturated rings. The van der Waals surface area contributed by atoms with E-state index >= 15 is 0 Å². The zero-order valence-electron chi connectivity index (χ0n) is 11.5. The molecule has 0 saturated carbocycles. The number of hydrogen-bond donors (Lipinski definition) is 0. The van der Waals surface area contributed by atoms with Crippen molar-refractivity contribution in [2.75, 3.05) is 18.1 Å². The standard InChI is InChI=1S/C14H22N2O2S/c1-2-3-8-16(11-13-5-4-7-15-10-13)14-6-9-19(17,18)12-14/h4-5,7,10,14H,2-3,6,8-9,11-12H2,1H3. The van der Waals surface area contributed by atoms with Crippen molar-refractivity contribution in [3.05, 3.63) is 30.1 Å². The third kappa shape index (κ3) is 4.28. The molecule has 0 N–H and O–H groups in total. The number of sulfone groups is 1. The van der Waals surface area contributed by atoms with Crippen LogP contribution in [-0.4, -0.2) is 42.4 Å². The number of pyridine rings is 1. The van der Waals surface area contributed by atoms with Crippen molar-refractivity contribution in [1.82, 2.24) is 9.88 Å². The molecule has 1 aliphatic heterocycles. The van der Waals surface area contributed by atoms with Crippen LogP contribution in [0.1, 0.15) is 31.7 Å². The van der Waals surface area contributed by atoms with Gasteiger partial charge in [0, 0.05) is 25.0 Å². The van der Waals surface area contributed by atoms with Crippen molar-refractivity contribution in [2.24, 2.45) is 0 Å². The third-order valence-corrected chi connectivity index (χ3v) is 5.38. The molecule has 1 aromatic rings. The molecular formula is C14H22N2O2S. The maximum atomic E-state index is 11.6. The van der Waals surface area contributed by atoms with E-state index in [0.29, 0.717) is 11.5 Å². The summed E-state index contributed by atoms with van der Waals surface area (Å²) in [4.78, 5) is 6.44. The maximum absolute atomic E-state index is 11.6. The van der Waals surface area contributed by atoms with Crippen LogP contribution in [0.15, 0.2) is 24.5 Å². The highest BCUT2D eigenvalue weighted by Crippen LogP contribution is 2.20. The summed E-state index contributed by atoms with van der Waals surface area (Å²) in [6, 6.07) is 4.16. The molecule has 1 aliphatic rings. The Kier molecular flexibility index (Phi) is 4.93. The first kappa shape index (κ1) is 14.5. The van der Waals surface area contributed by atoms with Crippen LogP contribution in [0.3, 0.4) is 0 Å². The summed E-state index contributed by atoms with van der Waals surface area (Å²) < 4.78 is 23.3. The Hall–Kier alpha value is -0.940. The van der Waals surface area contributed by atoms with Crippen molar-refractivity contribution >= 4 is 9.84 Å². The minimum absolute atomic E-state index is 0.178. The van der Waals surface area contributed by atoms with Crippen molar-refractivity contribution in [3.8, 4) is 0 Å². The molecule has 1 atom stereocenters. The summed E-state index contributed by atoms with van der Waals surface area (Å²) in [6.07, 6.45) is 6.63. The van der Waals surface area contributed by atoms with Gasteiger partial charge in [0.25, 0.3) is 0 Å². The van der Waals surface area contributed by atoms with Gasteiger partial charge in [0.2, 0.25) is 0 Å². The highest BCUT2D eigenvalue weighted by atomic mass is 32.2. The van der Waals surface area contributed by atoms with E-state index in [2.05, 4.69) is 22.9 Å².